The molecule has 0 radical (unpaired) electrons. The van der Waals surface area contributed by atoms with E-state index < -0.39 is 0 Å². The van der Waals surface area contributed by atoms with Gasteiger partial charge in [-0.3, -0.25) is 4.79 Å². The fourth-order valence-electron chi connectivity index (χ4n) is 2.48. The predicted molar refractivity (Wildman–Crippen MR) is 92.0 cm³/mol. The molecule has 0 atom stereocenters. The molecular weight excluding hydrogens is 304 g/mol. The van der Waals surface area contributed by atoms with Crippen LogP contribution in [0.15, 0.2) is 30.3 Å². The molecule has 0 bridgehead atoms. The maximum absolute atomic E-state index is 12.4. The van der Waals surface area contributed by atoms with Gasteiger partial charge in [-0.1, -0.05) is 19.1 Å². The van der Waals surface area contributed by atoms with Gasteiger partial charge in [0.1, 0.15) is 0 Å². The molecule has 1 aromatic carbocycles. The summed E-state index contributed by atoms with van der Waals surface area (Å²) >= 11 is 0. The van der Waals surface area contributed by atoms with Crippen LogP contribution in [-0.4, -0.2) is 32.0 Å². The van der Waals surface area contributed by atoms with E-state index in [-0.39, 0.29) is 11.7 Å². The van der Waals surface area contributed by atoms with Gasteiger partial charge in [0.15, 0.2) is 0 Å². The summed E-state index contributed by atoms with van der Waals surface area (Å²) in [7, 11) is 0. The van der Waals surface area contributed by atoms with E-state index in [0.29, 0.717) is 5.78 Å². The first-order chi connectivity index (χ1) is 11.6. The molecule has 0 unspecified atom stereocenters. The SMILES string of the molecule is CCNCc1cccc(NC(=O)c2nc3nc(C)cc(C)n3n2)c1. The van der Waals surface area contributed by atoms with Gasteiger partial charge in [0.2, 0.25) is 5.82 Å². The number of benzene rings is 1. The summed E-state index contributed by atoms with van der Waals surface area (Å²) < 4.78 is 1.57. The fourth-order valence-corrected chi connectivity index (χ4v) is 2.48. The number of fused-ring (bicyclic) bond motifs is 1. The number of nitrogens with zero attached hydrogens (tertiary/aromatic N) is 4. The van der Waals surface area contributed by atoms with Gasteiger partial charge in [-0.05, 0) is 44.2 Å². The summed E-state index contributed by atoms with van der Waals surface area (Å²) in [4.78, 5) is 20.9. The van der Waals surface area contributed by atoms with Gasteiger partial charge in [-0.15, -0.1) is 5.10 Å². The second kappa shape index (κ2) is 6.76. The Morgan fingerprint density at radius 3 is 2.83 bits per heavy atom. The molecule has 24 heavy (non-hydrogen) atoms. The van der Waals surface area contributed by atoms with Crippen LogP contribution in [0.2, 0.25) is 0 Å². The van der Waals surface area contributed by atoms with Crippen LogP contribution in [0.1, 0.15) is 34.5 Å². The summed E-state index contributed by atoms with van der Waals surface area (Å²) in [5.74, 6) is 0.185. The summed E-state index contributed by atoms with van der Waals surface area (Å²) in [5, 5.41) is 10.3. The minimum atomic E-state index is -0.349. The Morgan fingerprint density at radius 1 is 1.21 bits per heavy atom. The molecule has 0 aliphatic rings. The Bertz CT molecular complexity index is 886. The zero-order valence-electron chi connectivity index (χ0n) is 14.0. The van der Waals surface area contributed by atoms with E-state index in [4.69, 9.17) is 0 Å². The first kappa shape index (κ1) is 16.1. The van der Waals surface area contributed by atoms with Crippen LogP contribution in [0.5, 0.6) is 0 Å². The molecule has 3 rings (SSSR count). The molecule has 2 aromatic heterocycles. The highest BCUT2D eigenvalue weighted by molar-refractivity contribution is 6.01. The number of aryl methyl sites for hydroxylation is 2. The quantitative estimate of drug-likeness (QED) is 0.751. The number of aromatic nitrogens is 4. The van der Waals surface area contributed by atoms with Crippen molar-refractivity contribution in [3.63, 3.8) is 0 Å². The molecule has 0 aliphatic carbocycles. The molecule has 0 saturated heterocycles. The smallest absolute Gasteiger partial charge is 0.295 e. The lowest BCUT2D eigenvalue weighted by molar-refractivity contribution is 0.101. The maximum Gasteiger partial charge on any atom is 0.295 e. The highest BCUT2D eigenvalue weighted by atomic mass is 16.2. The highest BCUT2D eigenvalue weighted by Crippen LogP contribution is 2.12. The van der Waals surface area contributed by atoms with Gasteiger partial charge in [-0.2, -0.15) is 4.98 Å². The summed E-state index contributed by atoms with van der Waals surface area (Å²) in [6.45, 7) is 7.50. The summed E-state index contributed by atoms with van der Waals surface area (Å²) in [6.07, 6.45) is 0. The average molecular weight is 324 g/mol. The van der Waals surface area contributed by atoms with Crippen LogP contribution in [0, 0.1) is 13.8 Å². The number of amides is 1. The van der Waals surface area contributed by atoms with Gasteiger partial charge in [0, 0.05) is 23.6 Å². The van der Waals surface area contributed by atoms with E-state index in [2.05, 4.69) is 32.6 Å². The zero-order chi connectivity index (χ0) is 17.1. The Morgan fingerprint density at radius 2 is 2.04 bits per heavy atom. The molecule has 0 aliphatic heterocycles. The molecule has 2 heterocycles. The number of hydrogen-bond acceptors (Lipinski definition) is 5. The fraction of sp³-hybridized carbons (Fsp3) is 0.294. The molecule has 1 amide bonds. The lowest BCUT2D eigenvalue weighted by Crippen LogP contribution is -2.15. The number of hydrogen-bond donors (Lipinski definition) is 2. The van der Waals surface area contributed by atoms with Crippen molar-refractivity contribution in [3.8, 4) is 0 Å². The van der Waals surface area contributed by atoms with Crippen molar-refractivity contribution in [2.24, 2.45) is 0 Å². The lowest BCUT2D eigenvalue weighted by Gasteiger charge is -2.06. The van der Waals surface area contributed by atoms with Crippen molar-refractivity contribution in [2.45, 2.75) is 27.3 Å². The van der Waals surface area contributed by atoms with E-state index in [1.165, 1.54) is 0 Å². The number of carbonyl (C=O) groups excluding carboxylic acids is 1. The minimum Gasteiger partial charge on any atom is -0.319 e. The van der Waals surface area contributed by atoms with Crippen molar-refractivity contribution < 1.29 is 4.79 Å². The second-order valence-electron chi connectivity index (χ2n) is 5.62. The third-order valence-electron chi connectivity index (χ3n) is 3.59. The van der Waals surface area contributed by atoms with E-state index in [9.17, 15) is 4.79 Å². The second-order valence-corrected chi connectivity index (χ2v) is 5.62. The van der Waals surface area contributed by atoms with Gasteiger partial charge in [0.05, 0.1) is 0 Å². The van der Waals surface area contributed by atoms with Gasteiger partial charge < -0.3 is 10.6 Å². The van der Waals surface area contributed by atoms with Crippen LogP contribution < -0.4 is 10.6 Å². The van der Waals surface area contributed by atoms with Gasteiger partial charge in [-0.25, -0.2) is 9.50 Å². The Labute approximate surface area is 140 Å². The topological polar surface area (TPSA) is 84.2 Å². The van der Waals surface area contributed by atoms with Crippen molar-refractivity contribution in [1.82, 2.24) is 24.9 Å². The van der Waals surface area contributed by atoms with Crippen LogP contribution in [0.3, 0.4) is 0 Å². The first-order valence-corrected chi connectivity index (χ1v) is 7.89. The average Bonchev–Trinajstić information content (AvgIpc) is 2.98. The largest absolute Gasteiger partial charge is 0.319 e. The van der Waals surface area contributed by atoms with Crippen molar-refractivity contribution in [2.75, 3.05) is 11.9 Å². The normalized spacial score (nSPS) is 11.0. The number of anilines is 1. The highest BCUT2D eigenvalue weighted by Gasteiger charge is 2.15. The molecule has 7 heteroatoms. The third kappa shape index (κ3) is 3.41. The molecule has 3 aromatic rings. The maximum atomic E-state index is 12.4. The molecule has 124 valence electrons. The molecule has 2 N–H and O–H groups in total. The minimum absolute atomic E-state index is 0.105. The first-order valence-electron chi connectivity index (χ1n) is 7.89. The molecule has 7 nitrogen and oxygen atoms in total. The molecular formula is C17H20N6O. The Hall–Kier alpha value is -2.80. The van der Waals surface area contributed by atoms with Gasteiger partial charge in [0.25, 0.3) is 11.7 Å². The van der Waals surface area contributed by atoms with E-state index in [1.807, 2.05) is 44.2 Å². The number of nitrogens with one attached hydrogen (secondary N) is 2. The number of carbonyl (C=O) groups is 1. The lowest BCUT2D eigenvalue weighted by atomic mass is 10.2. The van der Waals surface area contributed by atoms with E-state index in [0.717, 1.165) is 35.7 Å². The number of rotatable bonds is 5. The van der Waals surface area contributed by atoms with E-state index in [1.54, 1.807) is 4.52 Å². The standard InChI is InChI=1S/C17H20N6O/c1-4-18-10-13-6-5-7-14(9-13)20-16(24)15-21-17-19-11(2)8-12(3)23(17)22-15/h5-9,18H,4,10H2,1-3H3,(H,20,24). The molecule has 0 saturated carbocycles. The monoisotopic (exact) mass is 324 g/mol. The summed E-state index contributed by atoms with van der Waals surface area (Å²) in [5.41, 5.74) is 3.55. The third-order valence-corrected chi connectivity index (χ3v) is 3.59. The zero-order valence-corrected chi connectivity index (χ0v) is 14.0. The summed E-state index contributed by atoms with van der Waals surface area (Å²) in [6, 6.07) is 9.60. The van der Waals surface area contributed by atoms with Crippen LogP contribution >= 0.6 is 0 Å². The van der Waals surface area contributed by atoms with Crippen molar-refractivity contribution in [1.29, 1.82) is 0 Å². The Kier molecular flexibility index (Phi) is 4.52. The van der Waals surface area contributed by atoms with E-state index >= 15 is 0 Å². The van der Waals surface area contributed by atoms with Crippen LogP contribution in [-0.2, 0) is 6.54 Å². The van der Waals surface area contributed by atoms with Crippen molar-refractivity contribution >= 4 is 17.4 Å². The molecule has 0 fully saturated rings. The molecule has 0 spiro atoms. The van der Waals surface area contributed by atoms with Crippen molar-refractivity contribution in [3.05, 3.63) is 53.1 Å². The Balaban J connectivity index is 1.81. The van der Waals surface area contributed by atoms with Gasteiger partial charge >= 0.3 is 0 Å². The van der Waals surface area contributed by atoms with Crippen LogP contribution in [0.25, 0.3) is 5.78 Å². The van der Waals surface area contributed by atoms with Crippen LogP contribution in [0.4, 0.5) is 5.69 Å². The predicted octanol–water partition coefficient (Wildman–Crippen LogP) is 2.10.